The molecule has 1 aliphatic carbocycles. The van der Waals surface area contributed by atoms with Gasteiger partial charge in [-0.1, -0.05) is 12.8 Å². The molecular weight excluding hydrogens is 180 g/mol. The quantitative estimate of drug-likeness (QED) is 0.604. The summed E-state index contributed by atoms with van der Waals surface area (Å²) >= 11 is 0. The number of hydrogen-bond donors (Lipinski definition) is 3. The van der Waals surface area contributed by atoms with Crippen molar-refractivity contribution in [1.29, 1.82) is 0 Å². The van der Waals surface area contributed by atoms with Crippen molar-refractivity contribution in [2.45, 2.75) is 50.7 Å². The number of amides is 1. The van der Waals surface area contributed by atoms with Crippen molar-refractivity contribution in [1.82, 2.24) is 5.32 Å². The first-order valence-electron chi connectivity index (χ1n) is 5.30. The van der Waals surface area contributed by atoms with Crippen LogP contribution in [0.5, 0.6) is 0 Å². The third-order valence-electron chi connectivity index (χ3n) is 2.80. The second-order valence-corrected chi connectivity index (χ2v) is 4.26. The molecule has 1 aliphatic rings. The molecule has 0 aromatic rings. The summed E-state index contributed by atoms with van der Waals surface area (Å²) in [5.74, 6) is -0.0596. The Bertz CT molecular complexity index is 198. The van der Waals surface area contributed by atoms with Gasteiger partial charge >= 0.3 is 0 Å². The lowest BCUT2D eigenvalue weighted by molar-refractivity contribution is -0.126. The van der Waals surface area contributed by atoms with Gasteiger partial charge in [0.1, 0.15) is 0 Å². The summed E-state index contributed by atoms with van der Waals surface area (Å²) in [6, 6.07) is 0. The van der Waals surface area contributed by atoms with Gasteiger partial charge < -0.3 is 16.2 Å². The van der Waals surface area contributed by atoms with E-state index in [-0.39, 0.29) is 12.0 Å². The maximum Gasteiger partial charge on any atom is 0.240 e. The lowest BCUT2D eigenvalue weighted by Crippen LogP contribution is -2.52. The zero-order chi connectivity index (χ0) is 10.6. The normalized spacial score (nSPS) is 21.9. The van der Waals surface area contributed by atoms with Crippen LogP contribution in [-0.2, 0) is 4.79 Å². The van der Waals surface area contributed by atoms with E-state index >= 15 is 0 Å². The van der Waals surface area contributed by atoms with Crippen molar-refractivity contribution in [3.63, 3.8) is 0 Å². The number of carbonyl (C=O) groups is 1. The van der Waals surface area contributed by atoms with Crippen LogP contribution in [0.1, 0.15) is 39.0 Å². The van der Waals surface area contributed by atoms with E-state index in [1.54, 1.807) is 6.92 Å². The van der Waals surface area contributed by atoms with Crippen molar-refractivity contribution in [3.8, 4) is 0 Å². The van der Waals surface area contributed by atoms with Gasteiger partial charge in [-0.3, -0.25) is 4.79 Å². The molecule has 0 saturated heterocycles. The number of nitrogens with two attached hydrogens (primary N) is 1. The minimum atomic E-state index is -0.640. The molecule has 1 amide bonds. The highest BCUT2D eigenvalue weighted by atomic mass is 16.3. The third kappa shape index (κ3) is 2.96. The Morgan fingerprint density at radius 1 is 1.57 bits per heavy atom. The Labute approximate surface area is 84.9 Å². The van der Waals surface area contributed by atoms with Crippen LogP contribution in [0.4, 0.5) is 0 Å². The van der Waals surface area contributed by atoms with Crippen LogP contribution >= 0.6 is 0 Å². The van der Waals surface area contributed by atoms with E-state index < -0.39 is 5.54 Å². The number of aliphatic hydroxyl groups excluding tert-OH is 1. The van der Waals surface area contributed by atoms with E-state index in [9.17, 15) is 4.79 Å². The largest absolute Gasteiger partial charge is 0.393 e. The average molecular weight is 200 g/mol. The van der Waals surface area contributed by atoms with Gasteiger partial charge in [0.25, 0.3) is 0 Å². The first-order valence-corrected chi connectivity index (χ1v) is 5.30. The smallest absolute Gasteiger partial charge is 0.240 e. The van der Waals surface area contributed by atoms with Crippen molar-refractivity contribution in [2.24, 2.45) is 5.73 Å². The van der Waals surface area contributed by atoms with Gasteiger partial charge in [0.15, 0.2) is 0 Å². The maximum absolute atomic E-state index is 11.6. The van der Waals surface area contributed by atoms with Gasteiger partial charge in [-0.05, 0) is 26.2 Å². The SMILES string of the molecule is CC(O)CCNC(=O)C1(N)CCCC1. The zero-order valence-electron chi connectivity index (χ0n) is 8.75. The summed E-state index contributed by atoms with van der Waals surface area (Å²) in [5, 5.41) is 11.8. The molecule has 1 saturated carbocycles. The molecule has 0 heterocycles. The van der Waals surface area contributed by atoms with E-state index in [1.165, 1.54) is 0 Å². The van der Waals surface area contributed by atoms with E-state index in [2.05, 4.69) is 5.32 Å². The molecule has 4 nitrogen and oxygen atoms in total. The molecule has 1 fully saturated rings. The molecule has 0 aromatic heterocycles. The second kappa shape index (κ2) is 4.75. The summed E-state index contributed by atoms with van der Waals surface area (Å²) in [7, 11) is 0. The van der Waals surface area contributed by atoms with Crippen molar-refractivity contribution in [2.75, 3.05) is 6.54 Å². The van der Waals surface area contributed by atoms with Crippen molar-refractivity contribution < 1.29 is 9.90 Å². The lowest BCUT2D eigenvalue weighted by atomic mass is 9.98. The molecule has 1 atom stereocenters. The summed E-state index contributed by atoms with van der Waals surface area (Å²) in [4.78, 5) is 11.6. The molecule has 0 aliphatic heterocycles. The van der Waals surface area contributed by atoms with Crippen molar-refractivity contribution >= 4 is 5.91 Å². The number of nitrogens with one attached hydrogen (secondary N) is 1. The lowest BCUT2D eigenvalue weighted by Gasteiger charge is -2.22. The molecule has 0 bridgehead atoms. The van der Waals surface area contributed by atoms with Crippen LogP contribution < -0.4 is 11.1 Å². The zero-order valence-corrected chi connectivity index (χ0v) is 8.75. The van der Waals surface area contributed by atoms with Crippen molar-refractivity contribution in [3.05, 3.63) is 0 Å². The number of rotatable bonds is 4. The molecule has 14 heavy (non-hydrogen) atoms. The van der Waals surface area contributed by atoms with Crippen LogP contribution in [0.3, 0.4) is 0 Å². The number of carbonyl (C=O) groups excluding carboxylic acids is 1. The predicted molar refractivity (Wildman–Crippen MR) is 54.7 cm³/mol. The minimum absolute atomic E-state index is 0.0596. The Balaban J connectivity index is 2.27. The molecular formula is C10H20N2O2. The van der Waals surface area contributed by atoms with Crippen LogP contribution in [0, 0.1) is 0 Å². The van der Waals surface area contributed by atoms with Crippen LogP contribution in [0.15, 0.2) is 0 Å². The molecule has 0 radical (unpaired) electrons. The van der Waals surface area contributed by atoms with E-state index in [0.29, 0.717) is 13.0 Å². The van der Waals surface area contributed by atoms with Gasteiger partial charge in [0.2, 0.25) is 5.91 Å². The summed E-state index contributed by atoms with van der Waals surface area (Å²) in [6.07, 6.45) is 3.87. The molecule has 1 rings (SSSR count). The summed E-state index contributed by atoms with van der Waals surface area (Å²) in [5.41, 5.74) is 5.30. The molecule has 0 aromatic carbocycles. The fourth-order valence-corrected chi connectivity index (χ4v) is 1.80. The van der Waals surface area contributed by atoms with Gasteiger partial charge in [0, 0.05) is 6.54 Å². The molecule has 1 unspecified atom stereocenters. The Kier molecular flexibility index (Phi) is 3.89. The van der Waals surface area contributed by atoms with E-state index in [0.717, 1.165) is 25.7 Å². The molecule has 4 N–H and O–H groups in total. The second-order valence-electron chi connectivity index (χ2n) is 4.26. The topological polar surface area (TPSA) is 75.3 Å². The monoisotopic (exact) mass is 200 g/mol. The Morgan fingerprint density at radius 2 is 2.14 bits per heavy atom. The van der Waals surface area contributed by atoms with Gasteiger partial charge in [-0.25, -0.2) is 0 Å². The first-order chi connectivity index (χ1) is 6.54. The molecule has 82 valence electrons. The van der Waals surface area contributed by atoms with E-state index in [4.69, 9.17) is 10.8 Å². The fraction of sp³-hybridized carbons (Fsp3) is 0.900. The van der Waals surface area contributed by atoms with Gasteiger partial charge in [0.05, 0.1) is 11.6 Å². The minimum Gasteiger partial charge on any atom is -0.393 e. The first kappa shape index (κ1) is 11.5. The number of aliphatic hydroxyl groups is 1. The Hall–Kier alpha value is -0.610. The van der Waals surface area contributed by atoms with Gasteiger partial charge in [-0.15, -0.1) is 0 Å². The highest BCUT2D eigenvalue weighted by Gasteiger charge is 2.36. The average Bonchev–Trinajstić information content (AvgIpc) is 2.52. The summed E-state index contributed by atoms with van der Waals surface area (Å²) < 4.78 is 0. The third-order valence-corrected chi connectivity index (χ3v) is 2.80. The maximum atomic E-state index is 11.6. The van der Waals surface area contributed by atoms with E-state index in [1.807, 2.05) is 0 Å². The molecule has 0 spiro atoms. The van der Waals surface area contributed by atoms with Crippen LogP contribution in [-0.4, -0.2) is 29.2 Å². The Morgan fingerprint density at radius 3 is 2.64 bits per heavy atom. The number of hydrogen-bond acceptors (Lipinski definition) is 3. The predicted octanol–water partition coefficient (Wildman–Crippen LogP) is 0.145. The van der Waals surface area contributed by atoms with Crippen LogP contribution in [0.25, 0.3) is 0 Å². The van der Waals surface area contributed by atoms with Gasteiger partial charge in [-0.2, -0.15) is 0 Å². The highest BCUT2D eigenvalue weighted by molar-refractivity contribution is 5.86. The van der Waals surface area contributed by atoms with Crippen LogP contribution in [0.2, 0.25) is 0 Å². The fourth-order valence-electron chi connectivity index (χ4n) is 1.80. The summed E-state index contributed by atoms with van der Waals surface area (Å²) in [6.45, 7) is 2.22. The highest BCUT2D eigenvalue weighted by Crippen LogP contribution is 2.27. The molecule has 4 heteroatoms. The standard InChI is InChI=1S/C10H20N2O2/c1-8(13)4-7-12-9(14)10(11)5-2-3-6-10/h8,13H,2-7,11H2,1H3,(H,12,14).